The predicted molar refractivity (Wildman–Crippen MR) is 140 cm³/mol. The molecule has 3 fully saturated rings. The number of nitrogens with one attached hydrogen (secondary N) is 2. The average molecular weight is 522 g/mol. The number of pyridine rings is 2. The minimum Gasteiger partial charge on any atom is -0.356 e. The molecule has 11 nitrogen and oxygen atoms in total. The molecule has 1 unspecified atom stereocenters. The molecule has 0 saturated carbocycles. The summed E-state index contributed by atoms with van der Waals surface area (Å²) in [6.07, 6.45) is 5.99. The van der Waals surface area contributed by atoms with Gasteiger partial charge in [-0.1, -0.05) is 6.42 Å². The van der Waals surface area contributed by atoms with E-state index in [-0.39, 0.29) is 24.0 Å². The molecule has 6 rings (SSSR count). The second kappa shape index (κ2) is 9.24. The van der Waals surface area contributed by atoms with Crippen molar-refractivity contribution in [2.75, 3.05) is 30.4 Å². The Balaban J connectivity index is 1.28. The van der Waals surface area contributed by atoms with Crippen LogP contribution in [0.1, 0.15) is 37.8 Å². The summed E-state index contributed by atoms with van der Waals surface area (Å²) in [5.41, 5.74) is 1.78. The molecule has 3 saturated heterocycles. The van der Waals surface area contributed by atoms with E-state index in [9.17, 15) is 8.42 Å². The molecule has 2 N–H and O–H groups in total. The quantitative estimate of drug-likeness (QED) is 0.506. The first-order valence-corrected chi connectivity index (χ1v) is 14.2. The second-order valence-electron chi connectivity index (χ2n) is 10.4. The van der Waals surface area contributed by atoms with E-state index in [4.69, 9.17) is 10.2 Å². The number of rotatable bonds is 6. The SMILES string of the molecule is Cc1cc(Nc2cc3ncccc3c(N(C)C3C[C@H]4CCC[C@@H](C3)N4S(=O)(=O)N3CC(C#N)C3)n2)n[nH]1. The molecule has 3 atom stereocenters. The van der Waals surface area contributed by atoms with Crippen molar-refractivity contribution in [1.82, 2.24) is 28.8 Å². The van der Waals surface area contributed by atoms with Crippen molar-refractivity contribution in [3.05, 3.63) is 36.2 Å². The van der Waals surface area contributed by atoms with Crippen LogP contribution in [0.2, 0.25) is 0 Å². The van der Waals surface area contributed by atoms with E-state index in [2.05, 4.69) is 38.5 Å². The Kier molecular flexibility index (Phi) is 6.01. The third-order valence-electron chi connectivity index (χ3n) is 7.93. The normalized spacial score (nSPS) is 24.9. The highest BCUT2D eigenvalue weighted by atomic mass is 32.2. The van der Waals surface area contributed by atoms with Crippen molar-refractivity contribution in [3.63, 3.8) is 0 Å². The first-order chi connectivity index (χ1) is 17.8. The lowest BCUT2D eigenvalue weighted by molar-refractivity contribution is 0.0932. The summed E-state index contributed by atoms with van der Waals surface area (Å²) in [5, 5.41) is 20.6. The highest BCUT2D eigenvalue weighted by Gasteiger charge is 2.49. The van der Waals surface area contributed by atoms with Crippen molar-refractivity contribution in [2.24, 2.45) is 5.92 Å². The van der Waals surface area contributed by atoms with Crippen LogP contribution in [-0.2, 0) is 10.2 Å². The highest BCUT2D eigenvalue weighted by Crippen LogP contribution is 2.41. The van der Waals surface area contributed by atoms with Gasteiger partial charge in [0.2, 0.25) is 0 Å². The molecule has 12 heteroatoms. The lowest BCUT2D eigenvalue weighted by Gasteiger charge is -2.52. The summed E-state index contributed by atoms with van der Waals surface area (Å²) in [7, 11) is -1.51. The van der Waals surface area contributed by atoms with E-state index in [1.807, 2.05) is 31.2 Å². The van der Waals surface area contributed by atoms with Gasteiger partial charge in [0.05, 0.1) is 17.5 Å². The number of hydrogen-bond acceptors (Lipinski definition) is 8. The third-order valence-corrected chi connectivity index (χ3v) is 10.0. The molecule has 37 heavy (non-hydrogen) atoms. The van der Waals surface area contributed by atoms with Crippen LogP contribution in [0.25, 0.3) is 10.9 Å². The zero-order chi connectivity index (χ0) is 25.7. The van der Waals surface area contributed by atoms with Crippen molar-refractivity contribution >= 4 is 38.6 Å². The first kappa shape index (κ1) is 24.1. The van der Waals surface area contributed by atoms with Crippen LogP contribution in [0.3, 0.4) is 0 Å². The standard InChI is InChI=1S/C25H31N9O2S/c1-16-9-24(31-30-16)28-23-12-22-21(7-4-8-27-22)25(29-23)32(2)20-10-18-5-3-6-19(11-20)34(18)37(35,36)33-14-17(13-26)15-33/h4,7-9,12,17-20H,3,5-6,10-11,14-15H2,1-2H3,(H2,28,29,30,31)/t18-,19+,20?. The number of H-pyrrole nitrogens is 1. The number of piperidine rings is 2. The molecule has 6 heterocycles. The van der Waals surface area contributed by atoms with Gasteiger partial charge >= 0.3 is 0 Å². The Bertz CT molecular complexity index is 1450. The van der Waals surface area contributed by atoms with Crippen LogP contribution in [-0.4, -0.2) is 75.5 Å². The molecule has 2 bridgehead atoms. The van der Waals surface area contributed by atoms with E-state index in [1.165, 1.54) is 4.31 Å². The van der Waals surface area contributed by atoms with Gasteiger partial charge in [-0.3, -0.25) is 10.1 Å². The highest BCUT2D eigenvalue weighted by molar-refractivity contribution is 7.86. The molecule has 3 aliphatic rings. The van der Waals surface area contributed by atoms with Crippen LogP contribution in [0.15, 0.2) is 30.5 Å². The number of nitrogens with zero attached hydrogens (tertiary/aromatic N) is 7. The number of aromatic nitrogens is 4. The maximum absolute atomic E-state index is 13.5. The van der Waals surface area contributed by atoms with E-state index >= 15 is 0 Å². The molecule has 0 spiro atoms. The maximum atomic E-state index is 13.5. The summed E-state index contributed by atoms with van der Waals surface area (Å²) >= 11 is 0. The molecular formula is C25H31N9O2S. The molecule has 3 aromatic rings. The summed E-state index contributed by atoms with van der Waals surface area (Å²) in [4.78, 5) is 11.7. The van der Waals surface area contributed by atoms with Crippen LogP contribution in [0.5, 0.6) is 0 Å². The lowest BCUT2D eigenvalue weighted by Crippen LogP contribution is -2.64. The summed E-state index contributed by atoms with van der Waals surface area (Å²) in [6.45, 7) is 2.55. The van der Waals surface area contributed by atoms with E-state index in [0.29, 0.717) is 24.7 Å². The fraction of sp³-hybridized carbons (Fsp3) is 0.520. The zero-order valence-corrected chi connectivity index (χ0v) is 21.8. The minimum atomic E-state index is -3.56. The van der Waals surface area contributed by atoms with E-state index < -0.39 is 10.2 Å². The maximum Gasteiger partial charge on any atom is 0.282 e. The smallest absolute Gasteiger partial charge is 0.282 e. The Morgan fingerprint density at radius 2 is 1.95 bits per heavy atom. The molecule has 194 valence electrons. The number of aromatic amines is 1. The van der Waals surface area contributed by atoms with Crippen LogP contribution < -0.4 is 10.2 Å². The van der Waals surface area contributed by atoms with Crippen LogP contribution >= 0.6 is 0 Å². The first-order valence-electron chi connectivity index (χ1n) is 12.8. The van der Waals surface area contributed by atoms with E-state index in [1.54, 1.807) is 10.5 Å². The molecule has 3 aromatic heterocycles. The van der Waals surface area contributed by atoms with Gasteiger partial charge in [-0.05, 0) is 44.7 Å². The van der Waals surface area contributed by atoms with Crippen LogP contribution in [0.4, 0.5) is 17.5 Å². The number of hydrogen-bond donors (Lipinski definition) is 2. The average Bonchev–Trinajstić information content (AvgIpc) is 3.25. The molecule has 0 amide bonds. The van der Waals surface area contributed by atoms with Crippen molar-refractivity contribution in [3.8, 4) is 6.07 Å². The van der Waals surface area contributed by atoms with Gasteiger partial charge in [-0.15, -0.1) is 0 Å². The summed E-state index contributed by atoms with van der Waals surface area (Å²) < 4.78 is 30.2. The zero-order valence-electron chi connectivity index (χ0n) is 21.0. The summed E-state index contributed by atoms with van der Waals surface area (Å²) in [6, 6.07) is 10.00. The fourth-order valence-electron chi connectivity index (χ4n) is 6.02. The Labute approximate surface area is 216 Å². The Morgan fingerprint density at radius 3 is 2.62 bits per heavy atom. The van der Waals surface area contributed by atoms with E-state index in [0.717, 1.165) is 54.5 Å². The van der Waals surface area contributed by atoms with Gasteiger partial charge < -0.3 is 10.2 Å². The van der Waals surface area contributed by atoms with Gasteiger partial charge in [0.1, 0.15) is 11.6 Å². The fourth-order valence-corrected chi connectivity index (χ4v) is 8.16. The van der Waals surface area contributed by atoms with Crippen molar-refractivity contribution in [2.45, 2.75) is 57.2 Å². The van der Waals surface area contributed by atoms with Gasteiger partial charge in [0, 0.05) is 67.7 Å². The summed E-state index contributed by atoms with van der Waals surface area (Å²) in [5.74, 6) is 1.97. The Morgan fingerprint density at radius 1 is 1.19 bits per heavy atom. The lowest BCUT2D eigenvalue weighted by atomic mass is 9.83. The van der Waals surface area contributed by atoms with Gasteiger partial charge in [-0.25, -0.2) is 4.98 Å². The Hall–Kier alpha value is -3.27. The number of fused-ring (bicyclic) bond motifs is 3. The minimum absolute atomic E-state index is 0.0520. The molecular weight excluding hydrogens is 490 g/mol. The number of anilines is 3. The number of aryl methyl sites for hydroxylation is 1. The topological polar surface area (TPSA) is 134 Å². The van der Waals surface area contributed by atoms with Gasteiger partial charge in [0.25, 0.3) is 10.2 Å². The van der Waals surface area contributed by atoms with Crippen LogP contribution in [0, 0.1) is 24.2 Å². The predicted octanol–water partition coefficient (Wildman–Crippen LogP) is 2.93. The third kappa shape index (κ3) is 4.31. The number of nitriles is 1. The largest absolute Gasteiger partial charge is 0.356 e. The van der Waals surface area contributed by atoms with Crippen molar-refractivity contribution < 1.29 is 8.42 Å². The van der Waals surface area contributed by atoms with Gasteiger partial charge in [-0.2, -0.15) is 27.4 Å². The van der Waals surface area contributed by atoms with Gasteiger partial charge in [0.15, 0.2) is 5.82 Å². The molecule has 0 aromatic carbocycles. The van der Waals surface area contributed by atoms with Crippen molar-refractivity contribution in [1.29, 1.82) is 5.26 Å². The molecule has 3 aliphatic heterocycles. The monoisotopic (exact) mass is 521 g/mol. The molecule has 0 radical (unpaired) electrons. The second-order valence-corrected chi connectivity index (χ2v) is 12.3. The molecule has 0 aliphatic carbocycles.